The largest absolute Gasteiger partial charge is 0.163 e. The van der Waals surface area contributed by atoms with Gasteiger partial charge in [-0.2, -0.15) is 5.11 Å². The molecular formula is C6H11N3. The van der Waals surface area contributed by atoms with E-state index in [1.807, 2.05) is 0 Å². The third kappa shape index (κ3) is 1.34. The molecule has 0 aromatic rings. The smallest absolute Gasteiger partial charge is 0.102 e. The second-order valence-corrected chi connectivity index (χ2v) is 2.29. The van der Waals surface area contributed by atoms with Crippen molar-refractivity contribution in [2.24, 2.45) is 21.4 Å². The highest BCUT2D eigenvalue weighted by molar-refractivity contribution is 5.88. The number of hydrogen-bond acceptors (Lipinski definition) is 3. The fourth-order valence-corrected chi connectivity index (χ4v) is 0.715. The van der Waals surface area contributed by atoms with E-state index in [1.54, 1.807) is 0 Å². The maximum Gasteiger partial charge on any atom is 0.102 e. The summed E-state index contributed by atoms with van der Waals surface area (Å²) in [6, 6.07) is 0. The predicted molar refractivity (Wildman–Crippen MR) is 36.6 cm³/mol. The van der Waals surface area contributed by atoms with Gasteiger partial charge in [-0.1, -0.05) is 13.8 Å². The first-order valence-electron chi connectivity index (χ1n) is 3.27. The summed E-state index contributed by atoms with van der Waals surface area (Å²) < 4.78 is 0. The van der Waals surface area contributed by atoms with Crippen LogP contribution in [0.25, 0.3) is 0 Å². The van der Waals surface area contributed by atoms with E-state index < -0.39 is 0 Å². The molecule has 0 saturated carbocycles. The molecule has 0 radical (unpaired) electrons. The summed E-state index contributed by atoms with van der Waals surface area (Å²) in [6.45, 7) is 5.01. The van der Waals surface area contributed by atoms with Crippen LogP contribution in [-0.4, -0.2) is 12.3 Å². The molecule has 0 aliphatic carbocycles. The standard InChI is InChI=1S/C6H11N3/c1-3-5(2)6-4-7-9-8-6/h5H,3-4H2,1-2H3. The van der Waals surface area contributed by atoms with Crippen molar-refractivity contribution < 1.29 is 0 Å². The zero-order valence-corrected chi connectivity index (χ0v) is 5.83. The molecule has 3 nitrogen and oxygen atoms in total. The molecule has 0 fully saturated rings. The average Bonchev–Trinajstić information content (AvgIpc) is 2.37. The van der Waals surface area contributed by atoms with Crippen LogP contribution in [0.4, 0.5) is 0 Å². The highest BCUT2D eigenvalue weighted by Gasteiger charge is 2.10. The number of hydrogen-bond donors (Lipinski definition) is 0. The number of nitrogens with zero attached hydrogens (tertiary/aromatic N) is 3. The Bertz CT molecular complexity index is 148. The maximum atomic E-state index is 3.88. The van der Waals surface area contributed by atoms with Crippen LogP contribution in [0.3, 0.4) is 0 Å². The van der Waals surface area contributed by atoms with Gasteiger partial charge in [0, 0.05) is 0 Å². The maximum absolute atomic E-state index is 3.88. The number of rotatable bonds is 2. The quantitative estimate of drug-likeness (QED) is 0.540. The molecule has 0 spiro atoms. The third-order valence-corrected chi connectivity index (χ3v) is 1.65. The average molecular weight is 125 g/mol. The van der Waals surface area contributed by atoms with E-state index in [2.05, 4.69) is 29.3 Å². The lowest BCUT2D eigenvalue weighted by molar-refractivity contribution is 0.733. The zero-order chi connectivity index (χ0) is 6.69. The molecule has 3 heteroatoms. The topological polar surface area (TPSA) is 37.1 Å². The Kier molecular flexibility index (Phi) is 1.92. The van der Waals surface area contributed by atoms with Crippen LogP contribution >= 0.6 is 0 Å². The van der Waals surface area contributed by atoms with E-state index >= 15 is 0 Å². The summed E-state index contributed by atoms with van der Waals surface area (Å²) in [4.78, 5) is 0. The van der Waals surface area contributed by atoms with Crippen LogP contribution in [0.2, 0.25) is 0 Å². The molecule has 1 atom stereocenters. The van der Waals surface area contributed by atoms with Gasteiger partial charge in [-0.05, 0) is 17.6 Å². The first-order valence-corrected chi connectivity index (χ1v) is 3.27. The molecule has 1 unspecified atom stereocenters. The summed E-state index contributed by atoms with van der Waals surface area (Å²) in [5, 5.41) is 11.2. The lowest BCUT2D eigenvalue weighted by Gasteiger charge is -2.03. The summed E-state index contributed by atoms with van der Waals surface area (Å²) in [5.41, 5.74) is 1.12. The Morgan fingerprint density at radius 1 is 1.67 bits per heavy atom. The zero-order valence-electron chi connectivity index (χ0n) is 5.83. The molecule has 0 aromatic heterocycles. The van der Waals surface area contributed by atoms with E-state index in [1.165, 1.54) is 0 Å². The van der Waals surface area contributed by atoms with Crippen molar-refractivity contribution in [3.63, 3.8) is 0 Å². The molecule has 1 heterocycles. The van der Waals surface area contributed by atoms with Crippen LogP contribution in [0.15, 0.2) is 15.4 Å². The van der Waals surface area contributed by atoms with E-state index in [0.717, 1.165) is 18.7 Å². The summed E-state index contributed by atoms with van der Waals surface area (Å²) in [7, 11) is 0. The second kappa shape index (κ2) is 2.71. The van der Waals surface area contributed by atoms with Crippen molar-refractivity contribution in [3.05, 3.63) is 0 Å². The highest BCUT2D eigenvalue weighted by atomic mass is 15.4. The molecule has 9 heavy (non-hydrogen) atoms. The first-order chi connectivity index (χ1) is 4.34. The van der Waals surface area contributed by atoms with Crippen molar-refractivity contribution in [1.29, 1.82) is 0 Å². The van der Waals surface area contributed by atoms with Gasteiger partial charge in [-0.15, -0.1) is 5.10 Å². The lowest BCUT2D eigenvalue weighted by atomic mass is 10.0. The van der Waals surface area contributed by atoms with Crippen LogP contribution in [-0.2, 0) is 0 Å². The molecule has 0 bridgehead atoms. The molecule has 0 amide bonds. The second-order valence-electron chi connectivity index (χ2n) is 2.29. The molecule has 1 aliphatic rings. The van der Waals surface area contributed by atoms with Crippen LogP contribution < -0.4 is 0 Å². The van der Waals surface area contributed by atoms with Gasteiger partial charge >= 0.3 is 0 Å². The van der Waals surface area contributed by atoms with Gasteiger partial charge in [0.25, 0.3) is 0 Å². The van der Waals surface area contributed by atoms with Gasteiger partial charge in [0.2, 0.25) is 0 Å². The Morgan fingerprint density at radius 2 is 2.44 bits per heavy atom. The van der Waals surface area contributed by atoms with Gasteiger partial charge in [0.05, 0.1) is 5.71 Å². The van der Waals surface area contributed by atoms with Crippen LogP contribution in [0.5, 0.6) is 0 Å². The van der Waals surface area contributed by atoms with Crippen LogP contribution in [0, 0.1) is 5.92 Å². The van der Waals surface area contributed by atoms with Gasteiger partial charge in [0.1, 0.15) is 6.54 Å². The molecule has 0 aromatic carbocycles. The van der Waals surface area contributed by atoms with E-state index in [4.69, 9.17) is 0 Å². The molecule has 0 saturated heterocycles. The molecule has 0 N–H and O–H groups in total. The monoisotopic (exact) mass is 125 g/mol. The normalized spacial score (nSPS) is 20.0. The Hall–Kier alpha value is -0.730. The van der Waals surface area contributed by atoms with Crippen molar-refractivity contribution >= 4 is 5.71 Å². The Labute approximate surface area is 54.9 Å². The fourth-order valence-electron chi connectivity index (χ4n) is 0.715. The first kappa shape index (κ1) is 6.39. The molecule has 1 rings (SSSR count). The predicted octanol–water partition coefficient (Wildman–Crippen LogP) is 1.85. The van der Waals surface area contributed by atoms with Gasteiger partial charge in [0.15, 0.2) is 0 Å². The minimum atomic E-state index is 0.556. The summed E-state index contributed by atoms with van der Waals surface area (Å²) >= 11 is 0. The van der Waals surface area contributed by atoms with Crippen LogP contribution in [0.1, 0.15) is 20.3 Å². The third-order valence-electron chi connectivity index (χ3n) is 1.65. The lowest BCUT2D eigenvalue weighted by Crippen LogP contribution is -2.10. The van der Waals surface area contributed by atoms with Gasteiger partial charge in [-0.3, -0.25) is 0 Å². The molecule has 50 valence electrons. The summed E-state index contributed by atoms with van der Waals surface area (Å²) in [6.07, 6.45) is 1.13. The molecular weight excluding hydrogens is 114 g/mol. The minimum Gasteiger partial charge on any atom is -0.163 e. The van der Waals surface area contributed by atoms with Crippen molar-refractivity contribution in [3.8, 4) is 0 Å². The highest BCUT2D eigenvalue weighted by Crippen LogP contribution is 2.08. The Balaban J connectivity index is 2.45. The van der Waals surface area contributed by atoms with Gasteiger partial charge < -0.3 is 0 Å². The van der Waals surface area contributed by atoms with E-state index in [0.29, 0.717) is 5.92 Å². The summed E-state index contributed by atoms with van der Waals surface area (Å²) in [5.74, 6) is 0.556. The van der Waals surface area contributed by atoms with Crippen molar-refractivity contribution in [1.82, 2.24) is 0 Å². The Morgan fingerprint density at radius 3 is 2.89 bits per heavy atom. The fraction of sp³-hybridized carbons (Fsp3) is 0.833. The van der Waals surface area contributed by atoms with Crippen molar-refractivity contribution in [2.45, 2.75) is 20.3 Å². The SMILES string of the molecule is CCC(C)C1=NN=NC1. The van der Waals surface area contributed by atoms with E-state index in [-0.39, 0.29) is 0 Å². The minimum absolute atomic E-state index is 0.556. The van der Waals surface area contributed by atoms with Gasteiger partial charge in [-0.25, -0.2) is 0 Å². The van der Waals surface area contributed by atoms with Crippen molar-refractivity contribution in [2.75, 3.05) is 6.54 Å². The van der Waals surface area contributed by atoms with E-state index in [9.17, 15) is 0 Å². The molecule has 1 aliphatic heterocycles.